The van der Waals surface area contributed by atoms with Crippen molar-refractivity contribution in [3.8, 4) is 0 Å². The third-order valence-electron chi connectivity index (χ3n) is 4.34. The molecule has 0 spiro atoms. The third-order valence-corrected chi connectivity index (χ3v) is 4.34. The molecule has 0 unspecified atom stereocenters. The standard InChI is InChI=1S/C19H25NO3/c1-15(16-9-5-3-6-10-16)14-20(17-11-7-4-8-12-17)18(21)13-19(22)23-2/h3,5-6,9-10,14,17H,4,7-8,11-13H2,1-2H3/b15-14+. The molecule has 0 atom stereocenters. The Kier molecular flexibility index (Phi) is 6.39. The molecule has 0 bridgehead atoms. The zero-order valence-electron chi connectivity index (χ0n) is 14.0. The van der Waals surface area contributed by atoms with Crippen molar-refractivity contribution in [3.63, 3.8) is 0 Å². The minimum atomic E-state index is -0.485. The van der Waals surface area contributed by atoms with Gasteiger partial charge in [-0.1, -0.05) is 49.6 Å². The van der Waals surface area contributed by atoms with Crippen molar-refractivity contribution in [2.45, 2.75) is 51.5 Å². The maximum absolute atomic E-state index is 12.6. The first-order chi connectivity index (χ1) is 11.1. The molecule has 0 saturated heterocycles. The van der Waals surface area contributed by atoms with E-state index in [2.05, 4.69) is 4.74 Å². The van der Waals surface area contributed by atoms with Crippen LogP contribution in [0.3, 0.4) is 0 Å². The molecule has 0 N–H and O–H groups in total. The Morgan fingerprint density at radius 3 is 2.43 bits per heavy atom. The van der Waals surface area contributed by atoms with Crippen LogP contribution in [0.2, 0.25) is 0 Å². The summed E-state index contributed by atoms with van der Waals surface area (Å²) >= 11 is 0. The molecule has 1 aromatic carbocycles. The van der Waals surface area contributed by atoms with Gasteiger partial charge in [0.15, 0.2) is 0 Å². The number of methoxy groups -OCH3 is 1. The van der Waals surface area contributed by atoms with Gasteiger partial charge in [0.05, 0.1) is 7.11 Å². The Bertz CT molecular complexity index is 559. The number of rotatable bonds is 5. The Morgan fingerprint density at radius 1 is 1.17 bits per heavy atom. The van der Waals surface area contributed by atoms with Gasteiger partial charge in [0.1, 0.15) is 6.42 Å². The number of hydrogen-bond donors (Lipinski definition) is 0. The smallest absolute Gasteiger partial charge is 0.315 e. The summed E-state index contributed by atoms with van der Waals surface area (Å²) in [6.07, 6.45) is 7.16. The largest absolute Gasteiger partial charge is 0.469 e. The summed E-state index contributed by atoms with van der Waals surface area (Å²) in [6.45, 7) is 2.00. The Hall–Kier alpha value is -2.10. The van der Waals surface area contributed by atoms with Crippen LogP contribution in [0.25, 0.3) is 5.57 Å². The second-order valence-electron chi connectivity index (χ2n) is 6.02. The maximum Gasteiger partial charge on any atom is 0.315 e. The second-order valence-corrected chi connectivity index (χ2v) is 6.02. The van der Waals surface area contributed by atoms with Gasteiger partial charge in [-0.3, -0.25) is 9.59 Å². The fourth-order valence-electron chi connectivity index (χ4n) is 3.01. The zero-order valence-corrected chi connectivity index (χ0v) is 14.0. The molecule has 124 valence electrons. The van der Waals surface area contributed by atoms with Gasteiger partial charge >= 0.3 is 5.97 Å². The SMILES string of the molecule is COC(=O)CC(=O)N(/C=C(\C)c1ccccc1)C1CCCCC1. The molecule has 1 aromatic rings. The lowest BCUT2D eigenvalue weighted by Crippen LogP contribution is -2.38. The van der Waals surface area contributed by atoms with Crippen molar-refractivity contribution in [2.24, 2.45) is 0 Å². The van der Waals surface area contributed by atoms with Crippen LogP contribution in [-0.4, -0.2) is 29.9 Å². The van der Waals surface area contributed by atoms with Crippen molar-refractivity contribution < 1.29 is 14.3 Å². The van der Waals surface area contributed by atoms with E-state index in [1.807, 2.05) is 43.5 Å². The average molecular weight is 315 g/mol. The summed E-state index contributed by atoms with van der Waals surface area (Å²) in [7, 11) is 1.31. The lowest BCUT2D eigenvalue weighted by Gasteiger charge is -2.32. The van der Waals surface area contributed by atoms with Crippen LogP contribution in [0.4, 0.5) is 0 Å². The van der Waals surface area contributed by atoms with Crippen LogP contribution in [0, 0.1) is 0 Å². The first-order valence-corrected chi connectivity index (χ1v) is 8.23. The molecule has 23 heavy (non-hydrogen) atoms. The average Bonchev–Trinajstić information content (AvgIpc) is 2.60. The maximum atomic E-state index is 12.6. The number of esters is 1. The summed E-state index contributed by atoms with van der Waals surface area (Å²) in [5.74, 6) is -0.666. The van der Waals surface area contributed by atoms with E-state index in [-0.39, 0.29) is 18.4 Å². The number of allylic oxidation sites excluding steroid dienone is 1. The van der Waals surface area contributed by atoms with E-state index in [9.17, 15) is 9.59 Å². The van der Waals surface area contributed by atoms with Crippen LogP contribution in [0.1, 0.15) is 51.0 Å². The van der Waals surface area contributed by atoms with Crippen molar-refractivity contribution in [1.29, 1.82) is 0 Å². The number of benzene rings is 1. The quantitative estimate of drug-likeness (QED) is 0.614. The fraction of sp³-hybridized carbons (Fsp3) is 0.474. The molecule has 1 aliphatic rings. The normalized spacial score (nSPS) is 16.0. The molecular formula is C19H25NO3. The minimum Gasteiger partial charge on any atom is -0.469 e. The van der Waals surface area contributed by atoms with E-state index in [0.717, 1.165) is 36.8 Å². The van der Waals surface area contributed by atoms with E-state index >= 15 is 0 Å². The van der Waals surface area contributed by atoms with Gasteiger partial charge in [0, 0.05) is 12.2 Å². The van der Waals surface area contributed by atoms with E-state index in [1.165, 1.54) is 13.5 Å². The van der Waals surface area contributed by atoms with Crippen LogP contribution in [-0.2, 0) is 14.3 Å². The van der Waals surface area contributed by atoms with Crippen molar-refractivity contribution in [1.82, 2.24) is 4.90 Å². The Balaban J connectivity index is 2.21. The van der Waals surface area contributed by atoms with Crippen molar-refractivity contribution >= 4 is 17.4 Å². The molecule has 1 saturated carbocycles. The summed E-state index contributed by atoms with van der Waals surface area (Å²) < 4.78 is 4.64. The molecule has 1 amide bonds. The van der Waals surface area contributed by atoms with Gasteiger partial charge in [-0.05, 0) is 30.9 Å². The number of carbonyl (C=O) groups is 2. The summed E-state index contributed by atoms with van der Waals surface area (Å²) in [4.78, 5) is 25.8. The molecule has 1 aliphatic carbocycles. The molecule has 0 aromatic heterocycles. The van der Waals surface area contributed by atoms with E-state index < -0.39 is 5.97 Å². The number of nitrogens with zero attached hydrogens (tertiary/aromatic N) is 1. The number of hydrogen-bond acceptors (Lipinski definition) is 3. The monoisotopic (exact) mass is 315 g/mol. The molecule has 0 aliphatic heterocycles. The summed E-state index contributed by atoms with van der Waals surface area (Å²) in [5.41, 5.74) is 2.11. The van der Waals surface area contributed by atoms with Gasteiger partial charge in [-0.15, -0.1) is 0 Å². The van der Waals surface area contributed by atoms with Gasteiger partial charge < -0.3 is 9.64 Å². The topological polar surface area (TPSA) is 46.6 Å². The molecule has 0 heterocycles. The van der Waals surface area contributed by atoms with Crippen LogP contribution >= 0.6 is 0 Å². The van der Waals surface area contributed by atoms with Gasteiger partial charge in [-0.25, -0.2) is 0 Å². The highest BCUT2D eigenvalue weighted by molar-refractivity contribution is 5.95. The van der Waals surface area contributed by atoms with Crippen molar-refractivity contribution in [2.75, 3.05) is 7.11 Å². The van der Waals surface area contributed by atoms with Crippen LogP contribution < -0.4 is 0 Å². The van der Waals surface area contributed by atoms with E-state index in [1.54, 1.807) is 4.90 Å². The van der Waals surface area contributed by atoms with Crippen LogP contribution in [0.15, 0.2) is 36.5 Å². The van der Waals surface area contributed by atoms with Gasteiger partial charge in [0.2, 0.25) is 5.91 Å². The number of amides is 1. The third kappa shape index (κ3) is 4.95. The molecule has 1 fully saturated rings. The number of carbonyl (C=O) groups excluding carboxylic acids is 2. The lowest BCUT2D eigenvalue weighted by atomic mass is 9.94. The highest BCUT2D eigenvalue weighted by Gasteiger charge is 2.26. The molecular weight excluding hydrogens is 290 g/mol. The summed E-state index contributed by atoms with van der Waals surface area (Å²) in [6, 6.07) is 10.2. The Labute approximate surface area is 138 Å². The predicted octanol–water partition coefficient (Wildman–Crippen LogP) is 3.77. The fourth-order valence-corrected chi connectivity index (χ4v) is 3.01. The predicted molar refractivity (Wildman–Crippen MR) is 90.4 cm³/mol. The summed E-state index contributed by atoms with van der Waals surface area (Å²) in [5, 5.41) is 0. The zero-order chi connectivity index (χ0) is 16.7. The molecule has 2 rings (SSSR count). The van der Waals surface area contributed by atoms with Gasteiger partial charge in [0.25, 0.3) is 0 Å². The second kappa shape index (κ2) is 8.51. The van der Waals surface area contributed by atoms with Crippen molar-refractivity contribution in [3.05, 3.63) is 42.1 Å². The molecule has 4 heteroatoms. The van der Waals surface area contributed by atoms with Crippen LogP contribution in [0.5, 0.6) is 0 Å². The molecule has 4 nitrogen and oxygen atoms in total. The first kappa shape index (κ1) is 17.3. The minimum absolute atomic E-state index is 0.180. The Morgan fingerprint density at radius 2 is 1.83 bits per heavy atom. The number of ether oxygens (including phenoxy) is 1. The lowest BCUT2D eigenvalue weighted by molar-refractivity contribution is -0.146. The highest BCUT2D eigenvalue weighted by Crippen LogP contribution is 2.25. The van der Waals surface area contributed by atoms with E-state index in [0.29, 0.717) is 0 Å². The highest BCUT2D eigenvalue weighted by atomic mass is 16.5. The van der Waals surface area contributed by atoms with E-state index in [4.69, 9.17) is 0 Å². The first-order valence-electron chi connectivity index (χ1n) is 8.23. The molecule has 0 radical (unpaired) electrons. The van der Waals surface area contributed by atoms with Gasteiger partial charge in [-0.2, -0.15) is 0 Å².